The van der Waals surface area contributed by atoms with E-state index in [1.807, 2.05) is 0 Å². The lowest BCUT2D eigenvalue weighted by Gasteiger charge is -2.27. The third kappa shape index (κ3) is 2.61. The molecule has 2 heterocycles. The van der Waals surface area contributed by atoms with Crippen molar-refractivity contribution in [3.05, 3.63) is 35.5 Å². The first kappa shape index (κ1) is 13.9. The predicted octanol–water partition coefficient (Wildman–Crippen LogP) is 1.63. The Morgan fingerprint density at radius 1 is 1.29 bits per heavy atom. The van der Waals surface area contributed by atoms with Crippen LogP contribution in [0.15, 0.2) is 29.3 Å². The molecule has 0 radical (unpaired) electrons. The van der Waals surface area contributed by atoms with Crippen molar-refractivity contribution in [2.45, 2.75) is 13.5 Å². The van der Waals surface area contributed by atoms with E-state index in [1.54, 1.807) is 0 Å². The van der Waals surface area contributed by atoms with E-state index in [-0.39, 0.29) is 0 Å². The molecular formula is C16H22N4O. The van der Waals surface area contributed by atoms with Crippen molar-refractivity contribution in [2.75, 3.05) is 26.3 Å². The minimum absolute atomic E-state index is 0.611. The van der Waals surface area contributed by atoms with Crippen molar-refractivity contribution >= 4 is 16.9 Å². The van der Waals surface area contributed by atoms with Crippen LogP contribution in [0.5, 0.6) is 0 Å². The van der Waals surface area contributed by atoms with E-state index in [4.69, 9.17) is 10.5 Å². The van der Waals surface area contributed by atoms with Crippen LogP contribution >= 0.6 is 0 Å². The van der Waals surface area contributed by atoms with Crippen molar-refractivity contribution in [1.82, 2.24) is 9.47 Å². The van der Waals surface area contributed by atoms with Crippen LogP contribution in [-0.2, 0) is 18.3 Å². The number of rotatable bonds is 2. The molecule has 1 saturated heterocycles. The molecule has 1 aromatic heterocycles. The van der Waals surface area contributed by atoms with Crippen molar-refractivity contribution in [1.29, 1.82) is 0 Å². The van der Waals surface area contributed by atoms with Gasteiger partial charge in [-0.05, 0) is 18.6 Å². The maximum Gasteiger partial charge on any atom is 0.191 e. The Morgan fingerprint density at radius 2 is 2.00 bits per heavy atom. The zero-order valence-electron chi connectivity index (χ0n) is 12.7. The first-order valence-corrected chi connectivity index (χ1v) is 7.34. The molecular weight excluding hydrogens is 264 g/mol. The highest BCUT2D eigenvalue weighted by Crippen LogP contribution is 2.24. The Labute approximate surface area is 125 Å². The second kappa shape index (κ2) is 5.77. The average molecular weight is 286 g/mol. The number of hydrogen-bond acceptors (Lipinski definition) is 2. The van der Waals surface area contributed by atoms with Crippen LogP contribution in [0.25, 0.3) is 10.9 Å². The number of aryl methyl sites for hydroxylation is 2. The molecule has 0 atom stereocenters. The Morgan fingerprint density at radius 3 is 2.71 bits per heavy atom. The molecule has 2 N–H and O–H groups in total. The van der Waals surface area contributed by atoms with Gasteiger partial charge in [-0.25, -0.2) is 4.99 Å². The molecule has 112 valence electrons. The lowest BCUT2D eigenvalue weighted by atomic mass is 10.1. The number of benzene rings is 1. The first-order chi connectivity index (χ1) is 10.2. The standard InChI is InChI=1S/C16H22N4O/c1-12-13-5-3-4-6-14(13)19(2)15(12)11-18-16(17)20-7-9-21-10-8-20/h3-6H,7-11H2,1-2H3,(H2,17,18). The fraction of sp³-hybridized carbons (Fsp3) is 0.438. The van der Waals surface area contributed by atoms with Gasteiger partial charge >= 0.3 is 0 Å². The summed E-state index contributed by atoms with van der Waals surface area (Å²) >= 11 is 0. The smallest absolute Gasteiger partial charge is 0.191 e. The van der Waals surface area contributed by atoms with Gasteiger partial charge < -0.3 is 19.9 Å². The highest BCUT2D eigenvalue weighted by Gasteiger charge is 2.14. The van der Waals surface area contributed by atoms with Gasteiger partial charge in [0.25, 0.3) is 0 Å². The molecule has 21 heavy (non-hydrogen) atoms. The Hall–Kier alpha value is -2.01. The Kier molecular flexibility index (Phi) is 3.84. The highest BCUT2D eigenvalue weighted by molar-refractivity contribution is 5.85. The average Bonchev–Trinajstić information content (AvgIpc) is 2.78. The molecule has 0 aliphatic carbocycles. The molecule has 0 spiro atoms. The van der Waals surface area contributed by atoms with E-state index in [1.165, 1.54) is 22.2 Å². The Bertz CT molecular complexity index is 629. The summed E-state index contributed by atoms with van der Waals surface area (Å²) in [6, 6.07) is 8.44. The molecule has 0 unspecified atom stereocenters. The number of guanidine groups is 1. The summed E-state index contributed by atoms with van der Waals surface area (Å²) in [5, 5.41) is 1.29. The largest absolute Gasteiger partial charge is 0.378 e. The zero-order chi connectivity index (χ0) is 14.8. The van der Waals surface area contributed by atoms with Gasteiger partial charge in [-0.1, -0.05) is 18.2 Å². The van der Waals surface area contributed by atoms with Gasteiger partial charge in [0.2, 0.25) is 0 Å². The summed E-state index contributed by atoms with van der Waals surface area (Å²) in [6.07, 6.45) is 0. The summed E-state index contributed by atoms with van der Waals surface area (Å²) in [6.45, 7) is 5.86. The zero-order valence-corrected chi connectivity index (χ0v) is 12.7. The molecule has 5 heteroatoms. The highest BCUT2D eigenvalue weighted by atomic mass is 16.5. The van der Waals surface area contributed by atoms with Crippen molar-refractivity contribution in [2.24, 2.45) is 17.8 Å². The number of hydrogen-bond donors (Lipinski definition) is 1. The number of nitrogens with two attached hydrogens (primary N) is 1. The van der Waals surface area contributed by atoms with Gasteiger partial charge in [-0.3, -0.25) is 0 Å². The van der Waals surface area contributed by atoms with Gasteiger partial charge in [-0.15, -0.1) is 0 Å². The van der Waals surface area contributed by atoms with E-state index in [2.05, 4.69) is 52.7 Å². The van der Waals surface area contributed by atoms with Crippen molar-refractivity contribution < 1.29 is 4.74 Å². The number of aromatic nitrogens is 1. The summed E-state index contributed by atoms with van der Waals surface area (Å²) in [7, 11) is 2.09. The number of fused-ring (bicyclic) bond motifs is 1. The van der Waals surface area contributed by atoms with E-state index >= 15 is 0 Å². The van der Waals surface area contributed by atoms with E-state index in [0.717, 1.165) is 26.3 Å². The van der Waals surface area contributed by atoms with Crippen molar-refractivity contribution in [3.8, 4) is 0 Å². The molecule has 1 aromatic carbocycles. The quantitative estimate of drug-likeness (QED) is 0.674. The van der Waals surface area contributed by atoms with Crippen LogP contribution in [0.2, 0.25) is 0 Å². The SMILES string of the molecule is Cc1c(CN=C(N)N2CCOCC2)n(C)c2ccccc12. The fourth-order valence-corrected chi connectivity index (χ4v) is 2.91. The molecule has 1 fully saturated rings. The predicted molar refractivity (Wildman–Crippen MR) is 85.4 cm³/mol. The second-order valence-corrected chi connectivity index (χ2v) is 5.42. The lowest BCUT2D eigenvalue weighted by molar-refractivity contribution is 0.0674. The Balaban J connectivity index is 1.84. The van der Waals surface area contributed by atoms with Gasteiger partial charge in [0.1, 0.15) is 0 Å². The van der Waals surface area contributed by atoms with Crippen LogP contribution in [0.1, 0.15) is 11.3 Å². The summed E-state index contributed by atoms with van der Waals surface area (Å²) in [4.78, 5) is 6.66. The van der Waals surface area contributed by atoms with E-state index in [0.29, 0.717) is 12.5 Å². The number of aliphatic imine (C=N–C) groups is 1. The fourth-order valence-electron chi connectivity index (χ4n) is 2.91. The van der Waals surface area contributed by atoms with E-state index in [9.17, 15) is 0 Å². The summed E-state index contributed by atoms with van der Waals surface area (Å²) in [5.41, 5.74) is 9.84. The molecule has 0 amide bonds. The monoisotopic (exact) mass is 286 g/mol. The lowest BCUT2D eigenvalue weighted by Crippen LogP contribution is -2.44. The molecule has 5 nitrogen and oxygen atoms in total. The maximum atomic E-state index is 6.10. The van der Waals surface area contributed by atoms with Crippen LogP contribution in [0, 0.1) is 6.92 Å². The van der Waals surface area contributed by atoms with Crippen LogP contribution in [-0.4, -0.2) is 41.7 Å². The topological polar surface area (TPSA) is 55.8 Å². The third-order valence-corrected chi connectivity index (χ3v) is 4.23. The summed E-state index contributed by atoms with van der Waals surface area (Å²) < 4.78 is 7.54. The molecule has 1 aliphatic heterocycles. The van der Waals surface area contributed by atoms with E-state index < -0.39 is 0 Å². The van der Waals surface area contributed by atoms with Crippen LogP contribution in [0.3, 0.4) is 0 Å². The minimum atomic E-state index is 0.611. The van der Waals surface area contributed by atoms with Crippen LogP contribution in [0.4, 0.5) is 0 Å². The normalized spacial score (nSPS) is 16.7. The van der Waals surface area contributed by atoms with Gasteiger partial charge in [0.05, 0.1) is 19.8 Å². The maximum absolute atomic E-state index is 6.10. The number of ether oxygens (including phenoxy) is 1. The van der Waals surface area contributed by atoms with Gasteiger partial charge in [-0.2, -0.15) is 0 Å². The van der Waals surface area contributed by atoms with Gasteiger partial charge in [0.15, 0.2) is 5.96 Å². The van der Waals surface area contributed by atoms with Crippen LogP contribution < -0.4 is 5.73 Å². The minimum Gasteiger partial charge on any atom is -0.378 e. The second-order valence-electron chi connectivity index (χ2n) is 5.42. The molecule has 3 rings (SSSR count). The number of nitrogens with zero attached hydrogens (tertiary/aromatic N) is 3. The van der Waals surface area contributed by atoms with Gasteiger partial charge in [0, 0.05) is 36.7 Å². The molecule has 0 saturated carbocycles. The molecule has 1 aliphatic rings. The molecule has 0 bridgehead atoms. The number of morpholine rings is 1. The van der Waals surface area contributed by atoms with Crippen molar-refractivity contribution in [3.63, 3.8) is 0 Å². The third-order valence-electron chi connectivity index (χ3n) is 4.23. The first-order valence-electron chi connectivity index (χ1n) is 7.34. The number of para-hydroxylation sites is 1. The molecule has 2 aromatic rings. The summed E-state index contributed by atoms with van der Waals surface area (Å²) in [5.74, 6) is 0.614.